The fraction of sp³-hybridized carbons (Fsp3) is 0.562. The Morgan fingerprint density at radius 2 is 1.86 bits per heavy atom. The smallest absolute Gasteiger partial charge is 0.191 e. The summed E-state index contributed by atoms with van der Waals surface area (Å²) in [4.78, 5) is 5.50. The summed E-state index contributed by atoms with van der Waals surface area (Å²) in [6.45, 7) is 3.76. The van der Waals surface area contributed by atoms with Crippen LogP contribution in [0, 0.1) is 0 Å². The minimum Gasteiger partial charge on any atom is -0.382 e. The molecule has 1 aromatic carbocycles. The quantitative estimate of drug-likeness (QED) is 0.282. The molecule has 0 heterocycles. The largest absolute Gasteiger partial charge is 0.382 e. The first-order valence-corrected chi connectivity index (χ1v) is 8.54. The van der Waals surface area contributed by atoms with Crippen molar-refractivity contribution in [3.05, 3.63) is 30.3 Å². The Balaban J connectivity index is 2.00. The van der Waals surface area contributed by atoms with E-state index < -0.39 is 0 Å². The molecule has 0 atom stereocenters. The number of ether oxygens (including phenoxy) is 2. The molecule has 0 fully saturated rings. The molecule has 0 aliphatic heterocycles. The average Bonchev–Trinajstić information content (AvgIpc) is 2.57. The van der Waals surface area contributed by atoms with E-state index in [0.717, 1.165) is 37.8 Å². The summed E-state index contributed by atoms with van der Waals surface area (Å²) in [5.41, 5.74) is 0. The van der Waals surface area contributed by atoms with Crippen molar-refractivity contribution in [2.75, 3.05) is 52.8 Å². The third-order valence-corrected chi connectivity index (χ3v) is 3.83. The Labute approximate surface area is 137 Å². The number of guanidine groups is 1. The first-order valence-electron chi connectivity index (χ1n) is 7.56. The number of hydrogen-bond acceptors (Lipinski definition) is 4. The van der Waals surface area contributed by atoms with Gasteiger partial charge in [-0.3, -0.25) is 4.99 Å². The molecule has 5 nitrogen and oxygen atoms in total. The van der Waals surface area contributed by atoms with Crippen LogP contribution in [0.5, 0.6) is 0 Å². The van der Waals surface area contributed by atoms with Crippen LogP contribution in [0.25, 0.3) is 0 Å². The first kappa shape index (κ1) is 18.8. The van der Waals surface area contributed by atoms with E-state index in [0.29, 0.717) is 13.2 Å². The molecule has 6 heteroatoms. The van der Waals surface area contributed by atoms with Gasteiger partial charge >= 0.3 is 0 Å². The molecular weight excluding hydrogens is 298 g/mol. The number of thioether (sulfide) groups is 1. The molecule has 0 aliphatic rings. The van der Waals surface area contributed by atoms with Gasteiger partial charge < -0.3 is 20.1 Å². The minimum atomic E-state index is 0.649. The van der Waals surface area contributed by atoms with E-state index in [4.69, 9.17) is 9.47 Å². The summed E-state index contributed by atoms with van der Waals surface area (Å²) < 4.78 is 10.3. The lowest BCUT2D eigenvalue weighted by Gasteiger charge is -2.11. The molecule has 22 heavy (non-hydrogen) atoms. The standard InChI is InChI=1S/C16H27N3O2S/c1-17-16(18-9-6-11-21-13-12-20-2)19-10-14-22-15-7-4-3-5-8-15/h3-5,7-8H,6,9-14H2,1-2H3,(H2,17,18,19). The summed E-state index contributed by atoms with van der Waals surface area (Å²) in [5, 5.41) is 6.59. The molecule has 0 aliphatic carbocycles. The average molecular weight is 325 g/mol. The molecule has 0 amide bonds. The summed E-state index contributed by atoms with van der Waals surface area (Å²) in [6, 6.07) is 10.4. The van der Waals surface area contributed by atoms with Crippen LogP contribution in [0.15, 0.2) is 40.2 Å². The third-order valence-electron chi connectivity index (χ3n) is 2.82. The van der Waals surface area contributed by atoms with Gasteiger partial charge in [-0.05, 0) is 18.6 Å². The van der Waals surface area contributed by atoms with E-state index in [9.17, 15) is 0 Å². The van der Waals surface area contributed by atoms with E-state index >= 15 is 0 Å². The molecule has 0 aromatic heterocycles. The second-order valence-corrected chi connectivity index (χ2v) is 5.71. The van der Waals surface area contributed by atoms with Crippen LogP contribution in [0.4, 0.5) is 0 Å². The number of methoxy groups -OCH3 is 1. The van der Waals surface area contributed by atoms with E-state index in [-0.39, 0.29) is 0 Å². The molecule has 0 bridgehead atoms. The van der Waals surface area contributed by atoms with Crippen LogP contribution in [-0.2, 0) is 9.47 Å². The van der Waals surface area contributed by atoms with Crippen LogP contribution in [0.1, 0.15) is 6.42 Å². The van der Waals surface area contributed by atoms with Crippen LogP contribution in [-0.4, -0.2) is 58.8 Å². The predicted molar refractivity (Wildman–Crippen MR) is 93.8 cm³/mol. The highest BCUT2D eigenvalue weighted by atomic mass is 32.2. The van der Waals surface area contributed by atoms with E-state index in [1.807, 2.05) is 17.8 Å². The minimum absolute atomic E-state index is 0.649. The van der Waals surface area contributed by atoms with Gasteiger partial charge in [0.1, 0.15) is 0 Å². The van der Waals surface area contributed by atoms with E-state index in [2.05, 4.69) is 39.9 Å². The highest BCUT2D eigenvalue weighted by Gasteiger charge is 1.97. The van der Waals surface area contributed by atoms with Crippen molar-refractivity contribution < 1.29 is 9.47 Å². The molecule has 0 spiro atoms. The second-order valence-electron chi connectivity index (χ2n) is 4.55. The molecule has 0 radical (unpaired) electrons. The zero-order valence-corrected chi connectivity index (χ0v) is 14.3. The summed E-state index contributed by atoms with van der Waals surface area (Å²) >= 11 is 1.84. The number of nitrogens with zero attached hydrogens (tertiary/aromatic N) is 1. The van der Waals surface area contributed by atoms with Gasteiger partial charge in [0.25, 0.3) is 0 Å². The first-order chi connectivity index (χ1) is 10.9. The third kappa shape index (κ3) is 9.65. The van der Waals surface area contributed by atoms with E-state index in [1.54, 1.807) is 14.2 Å². The Bertz CT molecular complexity index is 402. The number of nitrogens with one attached hydrogen (secondary N) is 2. The molecular formula is C16H27N3O2S. The Kier molecular flexibility index (Phi) is 11.5. The summed E-state index contributed by atoms with van der Waals surface area (Å²) in [7, 11) is 3.46. The maximum absolute atomic E-state index is 5.41. The second kappa shape index (κ2) is 13.4. The summed E-state index contributed by atoms with van der Waals surface area (Å²) in [6.07, 6.45) is 0.948. The normalized spacial score (nSPS) is 11.5. The number of hydrogen-bond donors (Lipinski definition) is 2. The van der Waals surface area contributed by atoms with Crippen LogP contribution >= 0.6 is 11.8 Å². The van der Waals surface area contributed by atoms with Gasteiger partial charge in [-0.1, -0.05) is 18.2 Å². The van der Waals surface area contributed by atoms with Crippen molar-refractivity contribution in [2.24, 2.45) is 4.99 Å². The van der Waals surface area contributed by atoms with Gasteiger partial charge in [-0.25, -0.2) is 0 Å². The number of aliphatic imine (C=N–C) groups is 1. The van der Waals surface area contributed by atoms with Crippen molar-refractivity contribution in [1.82, 2.24) is 10.6 Å². The predicted octanol–water partition coefficient (Wildman–Crippen LogP) is 2.00. The number of benzene rings is 1. The zero-order valence-electron chi connectivity index (χ0n) is 13.5. The Morgan fingerprint density at radius 3 is 2.59 bits per heavy atom. The highest BCUT2D eigenvalue weighted by molar-refractivity contribution is 7.99. The van der Waals surface area contributed by atoms with Crippen molar-refractivity contribution in [3.63, 3.8) is 0 Å². The van der Waals surface area contributed by atoms with Crippen LogP contribution < -0.4 is 10.6 Å². The van der Waals surface area contributed by atoms with Gasteiger partial charge in [0.2, 0.25) is 0 Å². The van der Waals surface area contributed by atoms with Gasteiger partial charge in [-0.15, -0.1) is 11.8 Å². The fourth-order valence-electron chi connectivity index (χ4n) is 1.70. The van der Waals surface area contributed by atoms with Crippen molar-refractivity contribution in [1.29, 1.82) is 0 Å². The lowest BCUT2D eigenvalue weighted by Crippen LogP contribution is -2.39. The lowest BCUT2D eigenvalue weighted by atomic mass is 10.4. The van der Waals surface area contributed by atoms with Crippen LogP contribution in [0.2, 0.25) is 0 Å². The molecule has 0 saturated carbocycles. The molecule has 2 N–H and O–H groups in total. The maximum atomic E-state index is 5.41. The van der Waals surface area contributed by atoms with Gasteiger partial charge in [0.05, 0.1) is 13.2 Å². The molecule has 124 valence electrons. The van der Waals surface area contributed by atoms with Gasteiger partial charge in [-0.2, -0.15) is 0 Å². The monoisotopic (exact) mass is 325 g/mol. The van der Waals surface area contributed by atoms with Crippen molar-refractivity contribution >= 4 is 17.7 Å². The molecule has 1 aromatic rings. The molecule has 0 saturated heterocycles. The zero-order chi connectivity index (χ0) is 15.9. The Hall–Kier alpha value is -1.24. The number of rotatable bonds is 11. The fourth-order valence-corrected chi connectivity index (χ4v) is 2.49. The SMILES string of the molecule is CN=C(NCCCOCCOC)NCCSc1ccccc1. The van der Waals surface area contributed by atoms with E-state index in [1.165, 1.54) is 4.90 Å². The maximum Gasteiger partial charge on any atom is 0.191 e. The van der Waals surface area contributed by atoms with Gasteiger partial charge in [0.15, 0.2) is 5.96 Å². The van der Waals surface area contributed by atoms with Crippen molar-refractivity contribution in [2.45, 2.75) is 11.3 Å². The van der Waals surface area contributed by atoms with Gasteiger partial charge in [0, 0.05) is 44.5 Å². The summed E-state index contributed by atoms with van der Waals surface area (Å²) in [5.74, 6) is 1.84. The van der Waals surface area contributed by atoms with Crippen molar-refractivity contribution in [3.8, 4) is 0 Å². The molecule has 0 unspecified atom stereocenters. The van der Waals surface area contributed by atoms with Crippen LogP contribution in [0.3, 0.4) is 0 Å². The molecule has 1 rings (SSSR count). The lowest BCUT2D eigenvalue weighted by molar-refractivity contribution is 0.0698. The topological polar surface area (TPSA) is 54.9 Å². The highest BCUT2D eigenvalue weighted by Crippen LogP contribution is 2.15. The Morgan fingerprint density at radius 1 is 1.09 bits per heavy atom.